The molecule has 0 bridgehead atoms. The lowest BCUT2D eigenvalue weighted by atomic mass is 10.0. The number of hydrogen-bond acceptors (Lipinski definition) is 4. The number of anilines is 1. The highest BCUT2D eigenvalue weighted by molar-refractivity contribution is 6.31. The first-order chi connectivity index (χ1) is 12.6. The van der Waals surface area contributed by atoms with Crippen LogP contribution < -0.4 is 10.6 Å². The van der Waals surface area contributed by atoms with E-state index in [-0.39, 0.29) is 24.3 Å². The summed E-state index contributed by atoms with van der Waals surface area (Å²) in [5.41, 5.74) is 2.08. The van der Waals surface area contributed by atoms with E-state index in [0.717, 1.165) is 25.2 Å². The van der Waals surface area contributed by atoms with Gasteiger partial charge in [-0.15, -0.1) is 0 Å². The Labute approximate surface area is 158 Å². The first-order valence-corrected chi connectivity index (χ1v) is 9.03. The van der Waals surface area contributed by atoms with Crippen LogP contribution in [0.5, 0.6) is 0 Å². The fourth-order valence-electron chi connectivity index (χ4n) is 3.26. The van der Waals surface area contributed by atoms with Gasteiger partial charge < -0.3 is 10.6 Å². The van der Waals surface area contributed by atoms with Crippen LogP contribution >= 0.6 is 11.6 Å². The Hall–Kier alpha value is -2.21. The Morgan fingerprint density at radius 1 is 1.19 bits per heavy atom. The van der Waals surface area contributed by atoms with Gasteiger partial charge in [0.25, 0.3) is 0 Å². The molecule has 0 spiro atoms. The molecule has 3 rings (SSSR count). The average molecular weight is 372 g/mol. The van der Waals surface area contributed by atoms with Crippen LogP contribution in [0.15, 0.2) is 48.5 Å². The van der Waals surface area contributed by atoms with E-state index >= 15 is 0 Å². The number of carbonyl (C=O) groups is 2. The molecule has 136 valence electrons. The van der Waals surface area contributed by atoms with Crippen LogP contribution in [0.2, 0.25) is 5.02 Å². The Bertz CT molecular complexity index is 809. The van der Waals surface area contributed by atoms with Crippen LogP contribution in [-0.2, 0) is 4.79 Å². The molecule has 1 saturated heterocycles. The van der Waals surface area contributed by atoms with Gasteiger partial charge in [-0.3, -0.25) is 14.5 Å². The van der Waals surface area contributed by atoms with Crippen molar-refractivity contribution in [3.8, 4) is 0 Å². The van der Waals surface area contributed by atoms with Crippen LogP contribution in [0.25, 0.3) is 0 Å². The van der Waals surface area contributed by atoms with Crippen molar-refractivity contribution in [2.24, 2.45) is 0 Å². The zero-order valence-electron chi connectivity index (χ0n) is 14.7. The standard InChI is InChI=1S/C20H22ClN3O2/c1-14(25)15-6-3-5-9-18(15)23-20(26)13-24-11-10-22-12-19(24)16-7-2-4-8-17(16)21/h2-9,19,22H,10-13H2,1H3,(H,23,26). The second-order valence-electron chi connectivity index (χ2n) is 6.36. The van der Waals surface area contributed by atoms with E-state index in [1.165, 1.54) is 6.92 Å². The summed E-state index contributed by atoms with van der Waals surface area (Å²) in [6.45, 7) is 4.04. The molecule has 5 nitrogen and oxygen atoms in total. The number of ketones is 1. The van der Waals surface area contributed by atoms with E-state index in [2.05, 4.69) is 15.5 Å². The van der Waals surface area contributed by atoms with Crippen molar-refractivity contribution in [1.29, 1.82) is 0 Å². The number of carbonyl (C=O) groups excluding carboxylic acids is 2. The van der Waals surface area contributed by atoms with Crippen LogP contribution in [0.3, 0.4) is 0 Å². The van der Waals surface area contributed by atoms with Crippen molar-refractivity contribution in [3.63, 3.8) is 0 Å². The number of piperazine rings is 1. The molecule has 2 aromatic carbocycles. The SMILES string of the molecule is CC(=O)c1ccccc1NC(=O)CN1CCNCC1c1ccccc1Cl. The molecule has 26 heavy (non-hydrogen) atoms. The maximum absolute atomic E-state index is 12.6. The topological polar surface area (TPSA) is 61.4 Å². The summed E-state index contributed by atoms with van der Waals surface area (Å²) in [6, 6.07) is 14.8. The van der Waals surface area contributed by atoms with Gasteiger partial charge in [0.2, 0.25) is 5.91 Å². The number of nitrogens with zero attached hydrogens (tertiary/aromatic N) is 1. The first-order valence-electron chi connectivity index (χ1n) is 8.65. The molecule has 1 unspecified atom stereocenters. The van der Waals surface area contributed by atoms with Gasteiger partial charge >= 0.3 is 0 Å². The van der Waals surface area contributed by atoms with E-state index in [9.17, 15) is 9.59 Å². The summed E-state index contributed by atoms with van der Waals surface area (Å²) in [5, 5.41) is 6.93. The molecule has 1 fully saturated rings. The van der Waals surface area contributed by atoms with Gasteiger partial charge in [-0.2, -0.15) is 0 Å². The van der Waals surface area contributed by atoms with E-state index in [1.807, 2.05) is 24.3 Å². The van der Waals surface area contributed by atoms with Crippen LogP contribution in [0, 0.1) is 0 Å². The number of para-hydroxylation sites is 1. The average Bonchev–Trinajstić information content (AvgIpc) is 2.63. The van der Waals surface area contributed by atoms with Gasteiger partial charge in [0, 0.05) is 36.3 Å². The Kier molecular flexibility index (Phi) is 6.04. The molecule has 1 amide bonds. The van der Waals surface area contributed by atoms with Gasteiger partial charge in [0.05, 0.1) is 12.2 Å². The minimum absolute atomic E-state index is 0.0336. The maximum Gasteiger partial charge on any atom is 0.238 e. The van der Waals surface area contributed by atoms with Gasteiger partial charge in [0.15, 0.2) is 5.78 Å². The van der Waals surface area contributed by atoms with Gasteiger partial charge in [0.1, 0.15) is 0 Å². The maximum atomic E-state index is 12.6. The van der Waals surface area contributed by atoms with Crippen LogP contribution in [-0.4, -0.2) is 42.8 Å². The van der Waals surface area contributed by atoms with E-state index in [4.69, 9.17) is 11.6 Å². The lowest BCUT2D eigenvalue weighted by molar-refractivity contribution is -0.118. The van der Waals surface area contributed by atoms with Crippen molar-refractivity contribution in [3.05, 3.63) is 64.7 Å². The zero-order chi connectivity index (χ0) is 18.5. The Morgan fingerprint density at radius 2 is 1.92 bits per heavy atom. The largest absolute Gasteiger partial charge is 0.324 e. The summed E-state index contributed by atoms with van der Waals surface area (Å²) < 4.78 is 0. The lowest BCUT2D eigenvalue weighted by Gasteiger charge is -2.36. The zero-order valence-corrected chi connectivity index (χ0v) is 15.4. The normalized spacial score (nSPS) is 17.7. The highest BCUT2D eigenvalue weighted by atomic mass is 35.5. The van der Waals surface area contributed by atoms with Gasteiger partial charge in [-0.25, -0.2) is 0 Å². The summed E-state index contributed by atoms with van der Waals surface area (Å²) in [5.74, 6) is -0.213. The second kappa shape index (κ2) is 8.45. The number of benzene rings is 2. The summed E-state index contributed by atoms with van der Waals surface area (Å²) >= 11 is 6.35. The number of rotatable bonds is 5. The van der Waals surface area contributed by atoms with E-state index < -0.39 is 0 Å². The minimum atomic E-state index is -0.141. The number of nitrogens with one attached hydrogen (secondary N) is 2. The van der Waals surface area contributed by atoms with E-state index in [0.29, 0.717) is 16.3 Å². The fourth-order valence-corrected chi connectivity index (χ4v) is 3.52. The highest BCUT2D eigenvalue weighted by Crippen LogP contribution is 2.28. The fraction of sp³-hybridized carbons (Fsp3) is 0.300. The van der Waals surface area contributed by atoms with Crippen LogP contribution in [0.1, 0.15) is 28.9 Å². The molecule has 1 aliphatic rings. The number of amides is 1. The van der Waals surface area contributed by atoms with E-state index in [1.54, 1.807) is 24.3 Å². The molecule has 1 heterocycles. The Morgan fingerprint density at radius 3 is 2.69 bits per heavy atom. The molecule has 0 saturated carbocycles. The molecule has 2 aromatic rings. The van der Waals surface area contributed by atoms with Crippen molar-refractivity contribution in [1.82, 2.24) is 10.2 Å². The van der Waals surface area contributed by atoms with Crippen molar-refractivity contribution in [2.45, 2.75) is 13.0 Å². The van der Waals surface area contributed by atoms with Crippen molar-refractivity contribution < 1.29 is 9.59 Å². The molecule has 0 aromatic heterocycles. The molecule has 0 radical (unpaired) electrons. The molecular weight excluding hydrogens is 350 g/mol. The molecule has 0 aliphatic carbocycles. The predicted octanol–water partition coefficient (Wildman–Crippen LogP) is 3.13. The Balaban J connectivity index is 1.73. The third-order valence-electron chi connectivity index (χ3n) is 4.55. The summed E-state index contributed by atoms with van der Waals surface area (Å²) in [4.78, 5) is 26.4. The minimum Gasteiger partial charge on any atom is -0.324 e. The summed E-state index contributed by atoms with van der Waals surface area (Å²) in [7, 11) is 0. The number of halogens is 1. The quantitative estimate of drug-likeness (QED) is 0.793. The first kappa shape index (κ1) is 18.6. The van der Waals surface area contributed by atoms with Gasteiger partial charge in [-0.05, 0) is 30.7 Å². The third-order valence-corrected chi connectivity index (χ3v) is 4.89. The monoisotopic (exact) mass is 371 g/mol. The third kappa shape index (κ3) is 4.30. The number of hydrogen-bond donors (Lipinski definition) is 2. The molecule has 1 aliphatic heterocycles. The molecule has 6 heteroatoms. The second-order valence-corrected chi connectivity index (χ2v) is 6.77. The van der Waals surface area contributed by atoms with Crippen molar-refractivity contribution >= 4 is 29.0 Å². The smallest absolute Gasteiger partial charge is 0.238 e. The highest BCUT2D eigenvalue weighted by Gasteiger charge is 2.27. The number of Topliss-reactive ketones (excluding diaryl/α,β-unsaturated/α-hetero) is 1. The van der Waals surface area contributed by atoms with Crippen molar-refractivity contribution in [2.75, 3.05) is 31.5 Å². The summed E-state index contributed by atoms with van der Waals surface area (Å²) in [6.07, 6.45) is 0. The molecular formula is C20H22ClN3O2. The van der Waals surface area contributed by atoms with Crippen LogP contribution in [0.4, 0.5) is 5.69 Å². The van der Waals surface area contributed by atoms with Gasteiger partial charge in [-0.1, -0.05) is 41.9 Å². The molecule has 1 atom stereocenters. The predicted molar refractivity (Wildman–Crippen MR) is 104 cm³/mol. The lowest BCUT2D eigenvalue weighted by Crippen LogP contribution is -2.48. The molecule has 2 N–H and O–H groups in total.